The number of carbonyl (C=O) groups excluding carboxylic acids is 1. The van der Waals surface area contributed by atoms with E-state index in [1.165, 1.54) is 11.3 Å². The molecule has 0 unspecified atom stereocenters. The largest absolute Gasteiger partial charge is 0.384 e. The van der Waals surface area contributed by atoms with Gasteiger partial charge >= 0.3 is 0 Å². The number of hydrogen-bond acceptors (Lipinski definition) is 4. The van der Waals surface area contributed by atoms with E-state index in [0.717, 1.165) is 28.0 Å². The number of aryl methyl sites for hydroxylation is 1. The molecule has 20 heavy (non-hydrogen) atoms. The Labute approximate surface area is 130 Å². The summed E-state index contributed by atoms with van der Waals surface area (Å²) in [5.74, 6) is -0.144. The summed E-state index contributed by atoms with van der Waals surface area (Å²) in [5, 5.41) is 6.68. The maximum absolute atomic E-state index is 12.4. The summed E-state index contributed by atoms with van der Waals surface area (Å²) < 4.78 is 0.890. The van der Waals surface area contributed by atoms with Crippen molar-refractivity contribution in [3.05, 3.63) is 39.3 Å². The van der Waals surface area contributed by atoms with Gasteiger partial charge in [0.25, 0.3) is 5.91 Å². The first-order valence-corrected chi connectivity index (χ1v) is 7.98. The van der Waals surface area contributed by atoms with Crippen LogP contribution in [-0.4, -0.2) is 17.4 Å². The highest BCUT2D eigenvalue weighted by Gasteiger charge is 2.13. The molecule has 0 spiro atoms. The molecule has 2 rings (SSSR count). The molecule has 0 fully saturated rings. The van der Waals surface area contributed by atoms with E-state index in [1.54, 1.807) is 6.20 Å². The third kappa shape index (κ3) is 3.80. The number of aromatic nitrogens is 1. The lowest BCUT2D eigenvalue weighted by atomic mass is 10.1. The zero-order valence-corrected chi connectivity index (χ0v) is 13.8. The van der Waals surface area contributed by atoms with Crippen LogP contribution < -0.4 is 10.6 Å². The van der Waals surface area contributed by atoms with E-state index in [1.807, 2.05) is 25.1 Å². The van der Waals surface area contributed by atoms with Gasteiger partial charge in [-0.1, -0.05) is 29.9 Å². The Morgan fingerprint density at radius 2 is 2.25 bits per heavy atom. The standard InChI is InChI=1S/C14H16BrN3OS/c1-3-6-16-11-5-4-9(2)7-10(11)13(19)18-14-17-8-12(15)20-14/h4-5,7-8,16H,3,6H2,1-2H3,(H,17,18,19). The summed E-state index contributed by atoms with van der Waals surface area (Å²) in [6, 6.07) is 5.82. The van der Waals surface area contributed by atoms with Crippen molar-refractivity contribution >= 4 is 44.0 Å². The fourth-order valence-electron chi connectivity index (χ4n) is 1.74. The summed E-state index contributed by atoms with van der Waals surface area (Å²) >= 11 is 4.72. The molecule has 106 valence electrons. The minimum atomic E-state index is -0.144. The Morgan fingerprint density at radius 1 is 1.45 bits per heavy atom. The molecule has 1 aromatic heterocycles. The smallest absolute Gasteiger partial charge is 0.259 e. The molecule has 1 amide bonds. The quantitative estimate of drug-likeness (QED) is 0.842. The number of carbonyl (C=O) groups is 1. The van der Waals surface area contributed by atoms with Gasteiger partial charge in [-0.25, -0.2) is 4.98 Å². The average Bonchev–Trinajstić information content (AvgIpc) is 2.82. The molecule has 0 aliphatic carbocycles. The SMILES string of the molecule is CCCNc1ccc(C)cc1C(=O)Nc1ncc(Br)s1. The Balaban J connectivity index is 2.21. The fraction of sp³-hybridized carbons (Fsp3) is 0.286. The Kier molecular flexibility index (Phi) is 5.14. The lowest BCUT2D eigenvalue weighted by Crippen LogP contribution is -2.15. The molecule has 1 aromatic carbocycles. The van der Waals surface area contributed by atoms with Gasteiger partial charge in [-0.3, -0.25) is 10.1 Å². The zero-order valence-electron chi connectivity index (χ0n) is 11.4. The van der Waals surface area contributed by atoms with Crippen molar-refractivity contribution in [3.63, 3.8) is 0 Å². The summed E-state index contributed by atoms with van der Waals surface area (Å²) in [5.41, 5.74) is 2.55. The number of nitrogens with one attached hydrogen (secondary N) is 2. The van der Waals surface area contributed by atoms with E-state index in [4.69, 9.17) is 0 Å². The van der Waals surface area contributed by atoms with Gasteiger partial charge < -0.3 is 5.32 Å². The lowest BCUT2D eigenvalue weighted by Gasteiger charge is -2.11. The zero-order chi connectivity index (χ0) is 14.5. The first-order chi connectivity index (χ1) is 9.60. The molecule has 6 heteroatoms. The highest BCUT2D eigenvalue weighted by Crippen LogP contribution is 2.25. The van der Waals surface area contributed by atoms with Gasteiger partial charge in [-0.2, -0.15) is 0 Å². The van der Waals surface area contributed by atoms with Crippen molar-refractivity contribution in [1.82, 2.24) is 4.98 Å². The highest BCUT2D eigenvalue weighted by molar-refractivity contribution is 9.11. The topological polar surface area (TPSA) is 54.0 Å². The van der Waals surface area contributed by atoms with Gasteiger partial charge in [-0.05, 0) is 41.4 Å². The molecule has 0 bridgehead atoms. The van der Waals surface area contributed by atoms with Gasteiger partial charge in [-0.15, -0.1) is 0 Å². The molecule has 0 aliphatic heterocycles. The highest BCUT2D eigenvalue weighted by atomic mass is 79.9. The van der Waals surface area contributed by atoms with Crippen LogP contribution in [0, 0.1) is 6.92 Å². The van der Waals surface area contributed by atoms with Gasteiger partial charge in [0.15, 0.2) is 5.13 Å². The first kappa shape index (κ1) is 15.0. The number of hydrogen-bond donors (Lipinski definition) is 2. The minimum Gasteiger partial charge on any atom is -0.384 e. The normalized spacial score (nSPS) is 10.3. The van der Waals surface area contributed by atoms with E-state index >= 15 is 0 Å². The van der Waals surface area contributed by atoms with Crippen LogP contribution in [0.2, 0.25) is 0 Å². The Hall–Kier alpha value is -1.40. The summed E-state index contributed by atoms with van der Waals surface area (Å²) in [6.45, 7) is 4.90. The van der Waals surface area contributed by atoms with Crippen molar-refractivity contribution in [2.24, 2.45) is 0 Å². The number of benzene rings is 1. The van der Waals surface area contributed by atoms with Crippen LogP contribution in [0.1, 0.15) is 29.3 Å². The molecule has 0 saturated carbocycles. The number of halogens is 1. The molecule has 4 nitrogen and oxygen atoms in total. The first-order valence-electron chi connectivity index (χ1n) is 6.37. The van der Waals surface area contributed by atoms with Crippen molar-refractivity contribution in [1.29, 1.82) is 0 Å². The minimum absolute atomic E-state index is 0.144. The third-order valence-electron chi connectivity index (χ3n) is 2.68. The molecule has 0 saturated heterocycles. The van der Waals surface area contributed by atoms with E-state index in [0.29, 0.717) is 10.7 Å². The number of anilines is 2. The van der Waals surface area contributed by atoms with Crippen molar-refractivity contribution in [3.8, 4) is 0 Å². The number of thiazole rings is 1. The summed E-state index contributed by atoms with van der Waals surface area (Å²) in [7, 11) is 0. The van der Waals surface area contributed by atoms with Gasteiger partial charge in [0.05, 0.1) is 15.5 Å². The molecular formula is C14H16BrN3OS. The van der Waals surface area contributed by atoms with E-state index in [9.17, 15) is 4.79 Å². The van der Waals surface area contributed by atoms with Crippen LogP contribution in [0.5, 0.6) is 0 Å². The fourth-order valence-corrected chi connectivity index (χ4v) is 2.84. The Bertz CT molecular complexity index is 612. The second-order valence-electron chi connectivity index (χ2n) is 4.40. The molecule has 2 aromatic rings. The van der Waals surface area contributed by atoms with Gasteiger partial charge in [0, 0.05) is 12.2 Å². The number of amides is 1. The van der Waals surface area contributed by atoms with Crippen molar-refractivity contribution in [2.75, 3.05) is 17.2 Å². The van der Waals surface area contributed by atoms with Crippen LogP contribution >= 0.6 is 27.3 Å². The monoisotopic (exact) mass is 353 g/mol. The second-order valence-corrected chi connectivity index (χ2v) is 6.81. The van der Waals surface area contributed by atoms with Gasteiger partial charge in [0.2, 0.25) is 0 Å². The van der Waals surface area contributed by atoms with Crippen molar-refractivity contribution in [2.45, 2.75) is 20.3 Å². The van der Waals surface area contributed by atoms with Crippen LogP contribution in [0.3, 0.4) is 0 Å². The van der Waals surface area contributed by atoms with Crippen molar-refractivity contribution < 1.29 is 4.79 Å². The molecule has 2 N–H and O–H groups in total. The van der Waals surface area contributed by atoms with E-state index in [2.05, 4.69) is 38.5 Å². The second kappa shape index (κ2) is 6.85. The number of nitrogens with zero attached hydrogens (tertiary/aromatic N) is 1. The van der Waals surface area contributed by atoms with Crippen LogP contribution in [0.4, 0.5) is 10.8 Å². The molecular weight excluding hydrogens is 338 g/mol. The molecule has 1 heterocycles. The molecule has 0 aliphatic rings. The predicted molar refractivity (Wildman–Crippen MR) is 87.7 cm³/mol. The van der Waals surface area contributed by atoms with E-state index < -0.39 is 0 Å². The summed E-state index contributed by atoms with van der Waals surface area (Å²) in [4.78, 5) is 16.5. The Morgan fingerprint density at radius 3 is 2.90 bits per heavy atom. The molecule has 0 radical (unpaired) electrons. The maximum atomic E-state index is 12.4. The summed E-state index contributed by atoms with van der Waals surface area (Å²) in [6.07, 6.45) is 2.68. The number of rotatable bonds is 5. The van der Waals surface area contributed by atoms with Crippen LogP contribution in [0.25, 0.3) is 0 Å². The predicted octanol–water partition coefficient (Wildman–Crippen LogP) is 4.29. The van der Waals surface area contributed by atoms with Gasteiger partial charge in [0.1, 0.15) is 0 Å². The van der Waals surface area contributed by atoms with Crippen LogP contribution in [0.15, 0.2) is 28.2 Å². The maximum Gasteiger partial charge on any atom is 0.259 e. The molecule has 0 atom stereocenters. The third-order valence-corrected chi connectivity index (χ3v) is 4.07. The average molecular weight is 354 g/mol. The van der Waals surface area contributed by atoms with E-state index in [-0.39, 0.29) is 5.91 Å². The van der Waals surface area contributed by atoms with Crippen LogP contribution in [-0.2, 0) is 0 Å². The lowest BCUT2D eigenvalue weighted by molar-refractivity contribution is 0.102.